The summed E-state index contributed by atoms with van der Waals surface area (Å²) in [6.45, 7) is 3.61. The summed E-state index contributed by atoms with van der Waals surface area (Å²) in [6, 6.07) is 20.2. The molecular formula is C26H21NO5. The maximum Gasteiger partial charge on any atom is 0.343 e. The minimum Gasteiger partial charge on any atom is -0.468 e. The fourth-order valence-corrected chi connectivity index (χ4v) is 3.91. The number of hydrogen-bond donors (Lipinski definition) is 0. The van der Waals surface area contributed by atoms with Gasteiger partial charge in [0.25, 0.3) is 0 Å². The van der Waals surface area contributed by atoms with Gasteiger partial charge in [-0.25, -0.2) is 4.79 Å². The van der Waals surface area contributed by atoms with E-state index in [1.807, 2.05) is 36.4 Å². The smallest absolute Gasteiger partial charge is 0.343 e. The second-order valence-corrected chi connectivity index (χ2v) is 7.89. The Kier molecular flexibility index (Phi) is 5.36. The lowest BCUT2D eigenvalue weighted by molar-refractivity contribution is 0.00818. The summed E-state index contributed by atoms with van der Waals surface area (Å²) < 4.78 is 21.8. The minimum atomic E-state index is -0.429. The van der Waals surface area contributed by atoms with Gasteiger partial charge in [0.2, 0.25) is 0 Å². The molecule has 160 valence electrons. The van der Waals surface area contributed by atoms with Gasteiger partial charge >= 0.3 is 5.97 Å². The molecule has 1 aliphatic carbocycles. The second kappa shape index (κ2) is 8.46. The Hall–Kier alpha value is -3.66. The van der Waals surface area contributed by atoms with Crippen LogP contribution in [0.25, 0.3) is 11.1 Å². The molecule has 0 saturated carbocycles. The number of carbonyl (C=O) groups excluding carboxylic acids is 1. The molecule has 1 fully saturated rings. The van der Waals surface area contributed by atoms with Crippen LogP contribution >= 0.6 is 0 Å². The number of benzene rings is 3. The van der Waals surface area contributed by atoms with Crippen molar-refractivity contribution in [1.29, 1.82) is 5.26 Å². The molecule has 0 radical (unpaired) electrons. The van der Waals surface area contributed by atoms with Crippen LogP contribution in [0, 0.1) is 11.3 Å². The number of esters is 1. The molecule has 0 amide bonds. The number of rotatable bonds is 7. The molecule has 1 saturated heterocycles. The summed E-state index contributed by atoms with van der Waals surface area (Å²) >= 11 is 0. The Morgan fingerprint density at radius 1 is 1.03 bits per heavy atom. The quantitative estimate of drug-likeness (QED) is 0.179. The van der Waals surface area contributed by atoms with Gasteiger partial charge in [-0.2, -0.15) is 5.26 Å². The van der Waals surface area contributed by atoms with E-state index in [9.17, 15) is 4.79 Å². The molecular weight excluding hydrogens is 406 g/mol. The van der Waals surface area contributed by atoms with Gasteiger partial charge in [0.05, 0.1) is 30.4 Å². The first-order valence-electron chi connectivity index (χ1n) is 10.4. The summed E-state index contributed by atoms with van der Waals surface area (Å²) in [6.07, 6.45) is 0.214. The molecule has 6 heteroatoms. The van der Waals surface area contributed by atoms with Gasteiger partial charge in [-0.1, -0.05) is 19.1 Å². The van der Waals surface area contributed by atoms with Gasteiger partial charge in [-0.3, -0.25) is 0 Å². The molecule has 2 atom stereocenters. The normalized spacial score (nSPS) is 17.8. The molecule has 32 heavy (non-hydrogen) atoms. The third-order valence-electron chi connectivity index (χ3n) is 5.74. The van der Waals surface area contributed by atoms with Crippen molar-refractivity contribution >= 4 is 5.97 Å². The first-order valence-corrected chi connectivity index (χ1v) is 10.4. The zero-order chi connectivity index (χ0) is 22.1. The first-order chi connectivity index (χ1) is 15.6. The maximum absolute atomic E-state index is 12.7. The van der Waals surface area contributed by atoms with Crippen LogP contribution in [0.2, 0.25) is 0 Å². The third kappa shape index (κ3) is 4.09. The molecule has 0 spiro atoms. The number of ether oxygens (including phenoxy) is 4. The topological polar surface area (TPSA) is 81.1 Å². The Bertz CT molecular complexity index is 1210. The summed E-state index contributed by atoms with van der Waals surface area (Å²) in [5.41, 5.74) is 5.48. The van der Waals surface area contributed by atoms with E-state index in [1.54, 1.807) is 30.3 Å². The van der Waals surface area contributed by atoms with E-state index in [0.717, 1.165) is 34.6 Å². The monoisotopic (exact) mass is 427 g/mol. The van der Waals surface area contributed by atoms with Crippen LogP contribution in [0.15, 0.2) is 60.7 Å². The van der Waals surface area contributed by atoms with Crippen LogP contribution in [0.5, 0.6) is 11.5 Å². The molecule has 2 unspecified atom stereocenters. The van der Waals surface area contributed by atoms with Gasteiger partial charge in [-0.15, -0.1) is 0 Å². The Balaban J connectivity index is 1.29. The van der Waals surface area contributed by atoms with Crippen molar-refractivity contribution < 1.29 is 23.7 Å². The highest BCUT2D eigenvalue weighted by atomic mass is 16.7. The number of nitrogens with zero attached hydrogens (tertiary/aromatic N) is 1. The van der Waals surface area contributed by atoms with Crippen LogP contribution in [0.4, 0.5) is 0 Å². The standard InChI is InChI=1S/C26H21NO5/c1-16-24-10-18(26(28)32-19-5-2-17(12-27)3-6-19)4-8-22(24)23-9-7-20(11-25(16)23)31-15-29-13-21-14-30-21/h2-11,16,21H,13-15H2,1H3. The van der Waals surface area contributed by atoms with Gasteiger partial charge < -0.3 is 18.9 Å². The molecule has 3 aromatic carbocycles. The lowest BCUT2D eigenvalue weighted by atomic mass is 9.98. The minimum absolute atomic E-state index is 0.118. The predicted octanol–water partition coefficient (Wildman–Crippen LogP) is 4.66. The molecule has 0 aromatic heterocycles. The SMILES string of the molecule is CC1c2cc(OCOCC3CO3)ccc2-c2ccc(C(=O)Oc3ccc(C#N)cc3)cc21. The highest BCUT2D eigenvalue weighted by Crippen LogP contribution is 2.46. The van der Waals surface area contributed by atoms with E-state index in [4.69, 9.17) is 24.2 Å². The van der Waals surface area contributed by atoms with Crippen molar-refractivity contribution in [1.82, 2.24) is 0 Å². The Morgan fingerprint density at radius 2 is 1.72 bits per heavy atom. The van der Waals surface area contributed by atoms with E-state index < -0.39 is 5.97 Å². The van der Waals surface area contributed by atoms with Crippen molar-refractivity contribution in [2.24, 2.45) is 0 Å². The van der Waals surface area contributed by atoms with Crippen LogP contribution in [-0.4, -0.2) is 32.1 Å². The second-order valence-electron chi connectivity index (χ2n) is 7.89. The average Bonchev–Trinajstić information content (AvgIpc) is 3.61. The molecule has 1 aliphatic heterocycles. The number of hydrogen-bond acceptors (Lipinski definition) is 6. The molecule has 5 rings (SSSR count). The van der Waals surface area contributed by atoms with E-state index in [1.165, 1.54) is 0 Å². The number of epoxide rings is 1. The van der Waals surface area contributed by atoms with Gasteiger partial charge in [0.15, 0.2) is 6.79 Å². The van der Waals surface area contributed by atoms with Crippen LogP contribution < -0.4 is 9.47 Å². The molecule has 6 nitrogen and oxygen atoms in total. The van der Waals surface area contributed by atoms with E-state index in [0.29, 0.717) is 23.5 Å². The number of fused-ring (bicyclic) bond motifs is 3. The Labute approximate surface area is 185 Å². The summed E-state index contributed by atoms with van der Waals surface area (Å²) in [4.78, 5) is 12.7. The third-order valence-corrected chi connectivity index (χ3v) is 5.74. The van der Waals surface area contributed by atoms with Crippen molar-refractivity contribution in [3.8, 4) is 28.7 Å². The predicted molar refractivity (Wildman–Crippen MR) is 117 cm³/mol. The van der Waals surface area contributed by atoms with Crippen molar-refractivity contribution in [3.05, 3.63) is 82.9 Å². The number of carbonyl (C=O) groups is 1. The van der Waals surface area contributed by atoms with Crippen LogP contribution in [0.3, 0.4) is 0 Å². The molecule has 2 aliphatic rings. The Morgan fingerprint density at radius 3 is 2.44 bits per heavy atom. The highest BCUT2D eigenvalue weighted by Gasteiger charge is 2.27. The summed E-state index contributed by atoms with van der Waals surface area (Å²) in [7, 11) is 0. The lowest BCUT2D eigenvalue weighted by Crippen LogP contribution is -2.09. The van der Waals surface area contributed by atoms with E-state index >= 15 is 0 Å². The van der Waals surface area contributed by atoms with Crippen molar-refractivity contribution in [2.45, 2.75) is 18.9 Å². The van der Waals surface area contributed by atoms with E-state index in [-0.39, 0.29) is 18.8 Å². The zero-order valence-corrected chi connectivity index (χ0v) is 17.5. The fourth-order valence-electron chi connectivity index (χ4n) is 3.91. The van der Waals surface area contributed by atoms with Gasteiger partial charge in [0.1, 0.15) is 17.6 Å². The molecule has 0 N–H and O–H groups in total. The van der Waals surface area contributed by atoms with Gasteiger partial charge in [-0.05, 0) is 70.8 Å². The van der Waals surface area contributed by atoms with Crippen molar-refractivity contribution in [2.75, 3.05) is 20.0 Å². The number of nitriles is 1. The highest BCUT2D eigenvalue weighted by molar-refractivity contribution is 5.93. The lowest BCUT2D eigenvalue weighted by Gasteiger charge is -2.10. The van der Waals surface area contributed by atoms with Gasteiger partial charge in [0, 0.05) is 5.92 Å². The molecule has 3 aromatic rings. The average molecular weight is 427 g/mol. The summed E-state index contributed by atoms with van der Waals surface area (Å²) in [5, 5.41) is 8.89. The van der Waals surface area contributed by atoms with Crippen LogP contribution in [0.1, 0.15) is 39.9 Å². The summed E-state index contributed by atoms with van der Waals surface area (Å²) in [5.74, 6) is 0.845. The van der Waals surface area contributed by atoms with E-state index in [2.05, 4.69) is 6.92 Å². The maximum atomic E-state index is 12.7. The van der Waals surface area contributed by atoms with Crippen molar-refractivity contribution in [3.63, 3.8) is 0 Å². The molecule has 0 bridgehead atoms. The largest absolute Gasteiger partial charge is 0.468 e. The zero-order valence-electron chi connectivity index (χ0n) is 17.5. The molecule has 1 heterocycles. The fraction of sp³-hybridized carbons (Fsp3) is 0.231. The first kappa shape index (κ1) is 20.3. The van der Waals surface area contributed by atoms with Crippen LogP contribution in [-0.2, 0) is 9.47 Å².